The maximum atomic E-state index is 11.9. The average Bonchev–Trinajstić information content (AvgIpc) is 2.14. The molecule has 81 valence electrons. The third-order valence-electron chi connectivity index (χ3n) is 1.55. The molecule has 1 aromatic carbocycles. The van der Waals surface area contributed by atoms with Gasteiger partial charge in [-0.3, -0.25) is 0 Å². The van der Waals surface area contributed by atoms with Crippen LogP contribution in [0.15, 0.2) is 29.7 Å². The summed E-state index contributed by atoms with van der Waals surface area (Å²) in [6, 6.07) is 4.24. The van der Waals surface area contributed by atoms with Gasteiger partial charge in [0.2, 0.25) is 0 Å². The van der Waals surface area contributed by atoms with Crippen molar-refractivity contribution in [2.75, 3.05) is 6.26 Å². The zero-order chi connectivity index (χ0) is 11.5. The standard InChI is InChI=1S/C10H8F3OS/c1-3-7-4-8(14-10(11,12)13)6-9(5-7)15-2/h4-6H,1H2,2H3. The smallest absolute Gasteiger partial charge is 0.406 e. The Morgan fingerprint density at radius 3 is 2.47 bits per heavy atom. The van der Waals surface area contributed by atoms with Gasteiger partial charge in [0.1, 0.15) is 5.75 Å². The topological polar surface area (TPSA) is 9.23 Å². The van der Waals surface area contributed by atoms with Crippen LogP contribution in [-0.2, 0) is 0 Å². The second kappa shape index (κ2) is 4.61. The molecule has 0 fully saturated rings. The largest absolute Gasteiger partial charge is 0.573 e. The molecular weight excluding hydrogens is 225 g/mol. The van der Waals surface area contributed by atoms with Crippen LogP contribution in [0.3, 0.4) is 0 Å². The zero-order valence-corrected chi connectivity index (χ0v) is 8.71. The summed E-state index contributed by atoms with van der Waals surface area (Å²) in [4.78, 5) is 0.669. The highest BCUT2D eigenvalue weighted by atomic mass is 32.2. The number of hydrogen-bond acceptors (Lipinski definition) is 2. The fourth-order valence-corrected chi connectivity index (χ4v) is 1.46. The SMILES string of the molecule is C=[C]c1cc(OC(F)(F)F)cc(SC)c1. The Morgan fingerprint density at radius 2 is 2.00 bits per heavy atom. The van der Waals surface area contributed by atoms with Gasteiger partial charge in [0.15, 0.2) is 0 Å². The molecule has 15 heavy (non-hydrogen) atoms. The molecule has 1 radical (unpaired) electrons. The van der Waals surface area contributed by atoms with Crippen molar-refractivity contribution in [3.05, 3.63) is 36.4 Å². The highest BCUT2D eigenvalue weighted by Crippen LogP contribution is 2.28. The van der Waals surface area contributed by atoms with E-state index in [0.717, 1.165) is 0 Å². The predicted molar refractivity (Wildman–Crippen MR) is 52.9 cm³/mol. The minimum atomic E-state index is -4.67. The molecule has 0 unspecified atom stereocenters. The molecule has 0 aromatic heterocycles. The monoisotopic (exact) mass is 233 g/mol. The van der Waals surface area contributed by atoms with Gasteiger partial charge in [-0.2, -0.15) is 0 Å². The summed E-state index contributed by atoms with van der Waals surface area (Å²) in [6.07, 6.45) is -0.391. The molecular formula is C10H8F3OS. The Morgan fingerprint density at radius 1 is 1.33 bits per heavy atom. The van der Waals surface area contributed by atoms with E-state index >= 15 is 0 Å². The highest BCUT2D eigenvalue weighted by molar-refractivity contribution is 7.98. The molecule has 0 spiro atoms. The lowest BCUT2D eigenvalue weighted by Crippen LogP contribution is -2.17. The first-order chi connectivity index (χ1) is 6.94. The Kier molecular flexibility index (Phi) is 3.68. The first-order valence-electron chi connectivity index (χ1n) is 3.92. The fraction of sp³-hybridized carbons (Fsp3) is 0.200. The minimum absolute atomic E-state index is 0.250. The molecule has 0 aliphatic rings. The minimum Gasteiger partial charge on any atom is -0.406 e. The highest BCUT2D eigenvalue weighted by Gasteiger charge is 2.31. The first-order valence-corrected chi connectivity index (χ1v) is 5.15. The molecule has 1 rings (SSSR count). The Bertz CT molecular complexity index is 360. The predicted octanol–water partition coefficient (Wildman–Crippen LogP) is 3.64. The summed E-state index contributed by atoms with van der Waals surface area (Å²) in [6.45, 7) is 3.37. The fourth-order valence-electron chi connectivity index (χ4n) is 0.984. The van der Waals surface area contributed by atoms with E-state index in [0.29, 0.717) is 10.5 Å². The normalized spacial score (nSPS) is 11.2. The molecule has 0 atom stereocenters. The van der Waals surface area contributed by atoms with Crippen LogP contribution in [0.25, 0.3) is 0 Å². The van der Waals surface area contributed by atoms with Gasteiger partial charge in [0, 0.05) is 4.90 Å². The lowest BCUT2D eigenvalue weighted by atomic mass is 10.2. The van der Waals surface area contributed by atoms with Gasteiger partial charge < -0.3 is 4.74 Å². The number of halogens is 3. The van der Waals surface area contributed by atoms with Crippen LogP contribution < -0.4 is 4.74 Å². The van der Waals surface area contributed by atoms with Crippen LogP contribution in [0.4, 0.5) is 13.2 Å². The van der Waals surface area contributed by atoms with Crippen molar-refractivity contribution in [1.29, 1.82) is 0 Å². The number of hydrogen-bond donors (Lipinski definition) is 0. The third-order valence-corrected chi connectivity index (χ3v) is 2.26. The summed E-state index contributed by atoms with van der Waals surface area (Å²) < 4.78 is 39.6. The first kappa shape index (κ1) is 12.0. The molecule has 1 aromatic rings. The molecule has 0 amide bonds. The van der Waals surface area contributed by atoms with Crippen molar-refractivity contribution in [2.24, 2.45) is 0 Å². The van der Waals surface area contributed by atoms with Crippen molar-refractivity contribution in [3.63, 3.8) is 0 Å². The van der Waals surface area contributed by atoms with E-state index < -0.39 is 6.36 Å². The Labute approximate surface area is 89.9 Å². The maximum Gasteiger partial charge on any atom is 0.573 e. The van der Waals surface area contributed by atoms with E-state index in [9.17, 15) is 13.2 Å². The molecule has 0 saturated carbocycles. The van der Waals surface area contributed by atoms with Crippen LogP contribution in [0.5, 0.6) is 5.75 Å². The Hall–Kier alpha value is -1.10. The van der Waals surface area contributed by atoms with Crippen LogP contribution in [0, 0.1) is 6.08 Å². The lowest BCUT2D eigenvalue weighted by molar-refractivity contribution is -0.274. The zero-order valence-electron chi connectivity index (χ0n) is 7.89. The summed E-state index contributed by atoms with van der Waals surface area (Å²) in [5, 5.41) is 0. The average molecular weight is 233 g/mol. The van der Waals surface area contributed by atoms with E-state index in [1.165, 1.54) is 23.9 Å². The second-order valence-corrected chi connectivity index (χ2v) is 3.50. The van der Waals surface area contributed by atoms with E-state index in [-0.39, 0.29) is 5.75 Å². The summed E-state index contributed by atoms with van der Waals surface area (Å²) >= 11 is 1.32. The van der Waals surface area contributed by atoms with Gasteiger partial charge in [-0.1, -0.05) is 6.58 Å². The van der Waals surface area contributed by atoms with Crippen LogP contribution in [0.2, 0.25) is 0 Å². The van der Waals surface area contributed by atoms with E-state index in [2.05, 4.69) is 17.4 Å². The number of thioether (sulfide) groups is 1. The van der Waals surface area contributed by atoms with Gasteiger partial charge in [-0.25, -0.2) is 0 Å². The van der Waals surface area contributed by atoms with Gasteiger partial charge in [0.05, 0.1) is 0 Å². The molecule has 0 bridgehead atoms. The van der Waals surface area contributed by atoms with Crippen molar-refractivity contribution >= 4 is 11.8 Å². The van der Waals surface area contributed by atoms with Gasteiger partial charge >= 0.3 is 6.36 Å². The number of alkyl halides is 3. The van der Waals surface area contributed by atoms with E-state index in [1.54, 1.807) is 12.3 Å². The van der Waals surface area contributed by atoms with Crippen LogP contribution in [-0.4, -0.2) is 12.6 Å². The molecule has 5 heteroatoms. The van der Waals surface area contributed by atoms with E-state index in [4.69, 9.17) is 0 Å². The summed E-state index contributed by atoms with van der Waals surface area (Å²) in [5.41, 5.74) is 0.473. The second-order valence-electron chi connectivity index (χ2n) is 2.62. The molecule has 0 N–H and O–H groups in total. The maximum absolute atomic E-state index is 11.9. The van der Waals surface area contributed by atoms with Crippen LogP contribution in [0.1, 0.15) is 5.56 Å². The molecule has 0 aliphatic carbocycles. The van der Waals surface area contributed by atoms with Crippen molar-refractivity contribution < 1.29 is 17.9 Å². The number of rotatable bonds is 3. The van der Waals surface area contributed by atoms with Crippen LogP contribution >= 0.6 is 11.8 Å². The molecule has 1 nitrogen and oxygen atoms in total. The van der Waals surface area contributed by atoms with Crippen molar-refractivity contribution in [2.45, 2.75) is 11.3 Å². The summed E-state index contributed by atoms with van der Waals surface area (Å²) in [7, 11) is 0. The van der Waals surface area contributed by atoms with E-state index in [1.807, 2.05) is 0 Å². The lowest BCUT2D eigenvalue weighted by Gasteiger charge is -2.10. The van der Waals surface area contributed by atoms with Crippen molar-refractivity contribution in [3.8, 4) is 5.75 Å². The van der Waals surface area contributed by atoms with Crippen molar-refractivity contribution in [1.82, 2.24) is 0 Å². The number of benzene rings is 1. The Balaban J connectivity index is 3.02. The number of ether oxygens (including phenoxy) is 1. The third kappa shape index (κ3) is 3.87. The molecule has 0 saturated heterocycles. The van der Waals surface area contributed by atoms with Gasteiger partial charge in [-0.05, 0) is 36.1 Å². The van der Waals surface area contributed by atoms with Gasteiger partial charge in [0.25, 0.3) is 0 Å². The molecule has 0 heterocycles. The molecule has 0 aliphatic heterocycles. The quantitative estimate of drug-likeness (QED) is 0.737. The van der Waals surface area contributed by atoms with Gasteiger partial charge in [-0.15, -0.1) is 24.9 Å². The summed E-state index contributed by atoms with van der Waals surface area (Å²) in [5.74, 6) is -0.250.